The number of pyridine rings is 4. The van der Waals surface area contributed by atoms with Crippen molar-refractivity contribution >= 4 is 68.8 Å². The number of aromatic nitrogens is 4. The maximum absolute atomic E-state index is 4.90. The Morgan fingerprint density at radius 3 is 0.650 bits per heavy atom. The van der Waals surface area contributed by atoms with Gasteiger partial charge in [-0.15, -0.1) is 0 Å². The standard InChI is InChI=1S/2C12H12N2.2C2H4N2S2/c2*1(11-3-7-13-8-4-11)2-12-5-9-14-10-6-12;2*3-1(5)2(4)6/h2*3-10H,1-2H2;2*(H2,3,5)(H2,4,6). The van der Waals surface area contributed by atoms with E-state index in [0.29, 0.717) is 0 Å². The van der Waals surface area contributed by atoms with Gasteiger partial charge in [0.25, 0.3) is 0 Å². The average Bonchev–Trinajstić information content (AvgIpc) is 2.98. The molecule has 0 saturated carbocycles. The number of thiocarbonyl (C=S) groups is 4. The van der Waals surface area contributed by atoms with Gasteiger partial charge >= 0.3 is 0 Å². The second kappa shape index (κ2) is 21.0. The summed E-state index contributed by atoms with van der Waals surface area (Å²) in [5.41, 5.74) is 24.9. The molecule has 0 spiro atoms. The molecule has 0 bridgehead atoms. The summed E-state index contributed by atoms with van der Waals surface area (Å²) in [6.45, 7) is 0. The lowest BCUT2D eigenvalue weighted by atomic mass is 10.1. The second-order valence-corrected chi connectivity index (χ2v) is 9.64. The van der Waals surface area contributed by atoms with Crippen LogP contribution in [0.15, 0.2) is 98.1 Å². The molecule has 208 valence electrons. The minimum atomic E-state index is 0.102. The van der Waals surface area contributed by atoms with Crippen molar-refractivity contribution in [2.24, 2.45) is 22.9 Å². The monoisotopic (exact) mass is 608 g/mol. The van der Waals surface area contributed by atoms with E-state index in [-0.39, 0.29) is 20.0 Å². The summed E-state index contributed by atoms with van der Waals surface area (Å²) in [6, 6.07) is 16.5. The minimum absolute atomic E-state index is 0.102. The molecule has 0 atom stereocenters. The maximum atomic E-state index is 4.90. The van der Waals surface area contributed by atoms with E-state index in [1.807, 2.05) is 49.6 Å². The summed E-state index contributed by atoms with van der Waals surface area (Å²) in [5, 5.41) is 0. The van der Waals surface area contributed by atoms with Crippen LogP contribution in [0, 0.1) is 0 Å². The summed E-state index contributed by atoms with van der Waals surface area (Å²) < 4.78 is 0. The van der Waals surface area contributed by atoms with E-state index in [2.05, 4.69) is 117 Å². The van der Waals surface area contributed by atoms with Crippen molar-refractivity contribution in [2.45, 2.75) is 25.7 Å². The molecule has 4 aromatic heterocycles. The van der Waals surface area contributed by atoms with E-state index in [4.69, 9.17) is 22.9 Å². The molecule has 0 saturated heterocycles. The molecule has 0 aliphatic heterocycles. The SMILES string of the molecule is NC(=S)C(N)=S.NC(=S)C(N)=S.c1cc(CCc2ccncc2)ccn1.c1cc(CCc2ccncc2)ccn1. The zero-order chi connectivity index (χ0) is 29.6. The highest BCUT2D eigenvalue weighted by Gasteiger charge is 1.95. The van der Waals surface area contributed by atoms with E-state index in [0.717, 1.165) is 25.7 Å². The first-order chi connectivity index (χ1) is 19.2. The van der Waals surface area contributed by atoms with E-state index >= 15 is 0 Å². The molecule has 4 heterocycles. The normalized spacial score (nSPS) is 9.20. The van der Waals surface area contributed by atoms with Crippen LogP contribution in [0.5, 0.6) is 0 Å². The van der Waals surface area contributed by atoms with Crippen LogP contribution < -0.4 is 22.9 Å². The fourth-order valence-corrected chi connectivity index (χ4v) is 2.78. The first-order valence-electron chi connectivity index (χ1n) is 11.9. The maximum Gasteiger partial charge on any atom is 0.131 e. The molecule has 0 amide bonds. The Hall–Kier alpha value is -3.84. The predicted octanol–water partition coefficient (Wildman–Crippen LogP) is 3.64. The lowest BCUT2D eigenvalue weighted by molar-refractivity contribution is 0.951. The van der Waals surface area contributed by atoms with Crippen molar-refractivity contribution in [1.29, 1.82) is 0 Å². The van der Waals surface area contributed by atoms with Crippen LogP contribution in [0.4, 0.5) is 0 Å². The largest absolute Gasteiger partial charge is 0.388 e. The van der Waals surface area contributed by atoms with Crippen molar-refractivity contribution in [2.75, 3.05) is 0 Å². The minimum Gasteiger partial charge on any atom is -0.388 e. The smallest absolute Gasteiger partial charge is 0.131 e. The van der Waals surface area contributed by atoms with E-state index < -0.39 is 0 Å². The number of hydrogen-bond acceptors (Lipinski definition) is 8. The summed E-state index contributed by atoms with van der Waals surface area (Å²) in [6.07, 6.45) is 18.9. The Balaban J connectivity index is 0.000000290. The van der Waals surface area contributed by atoms with Crippen molar-refractivity contribution in [1.82, 2.24) is 19.9 Å². The molecule has 40 heavy (non-hydrogen) atoms. The zero-order valence-electron chi connectivity index (χ0n) is 21.8. The van der Waals surface area contributed by atoms with E-state index in [9.17, 15) is 0 Å². The molecule has 0 unspecified atom stereocenters. The van der Waals surface area contributed by atoms with Crippen molar-refractivity contribution in [3.63, 3.8) is 0 Å². The first-order valence-corrected chi connectivity index (χ1v) is 13.6. The highest BCUT2D eigenvalue weighted by molar-refractivity contribution is 7.89. The third-order valence-corrected chi connectivity index (χ3v) is 6.03. The van der Waals surface area contributed by atoms with Crippen LogP contribution in [0.1, 0.15) is 22.3 Å². The molecule has 0 aromatic carbocycles. The molecular weight excluding hydrogens is 577 g/mol. The molecule has 4 aromatic rings. The van der Waals surface area contributed by atoms with Crippen LogP contribution in [0.3, 0.4) is 0 Å². The zero-order valence-corrected chi connectivity index (χ0v) is 25.1. The van der Waals surface area contributed by atoms with Crippen LogP contribution in [-0.4, -0.2) is 39.9 Å². The fraction of sp³-hybridized carbons (Fsp3) is 0.143. The lowest BCUT2D eigenvalue weighted by Crippen LogP contribution is -2.26. The third-order valence-electron chi connectivity index (χ3n) is 4.89. The second-order valence-electron chi connectivity index (χ2n) is 7.88. The lowest BCUT2D eigenvalue weighted by Gasteiger charge is -2.00. The molecule has 12 heteroatoms. The van der Waals surface area contributed by atoms with E-state index in [1.54, 1.807) is 0 Å². The van der Waals surface area contributed by atoms with Gasteiger partial charge in [0.2, 0.25) is 0 Å². The fourth-order valence-electron chi connectivity index (χ4n) is 2.78. The molecule has 8 nitrogen and oxygen atoms in total. The van der Waals surface area contributed by atoms with Gasteiger partial charge in [-0.3, -0.25) is 19.9 Å². The van der Waals surface area contributed by atoms with E-state index in [1.165, 1.54) is 22.3 Å². The Morgan fingerprint density at radius 1 is 0.375 bits per heavy atom. The van der Waals surface area contributed by atoms with Gasteiger partial charge in [0.15, 0.2) is 0 Å². The van der Waals surface area contributed by atoms with Crippen molar-refractivity contribution in [3.05, 3.63) is 120 Å². The van der Waals surface area contributed by atoms with Gasteiger partial charge < -0.3 is 22.9 Å². The van der Waals surface area contributed by atoms with Gasteiger partial charge in [0, 0.05) is 49.6 Å². The van der Waals surface area contributed by atoms with Crippen LogP contribution >= 0.6 is 48.9 Å². The van der Waals surface area contributed by atoms with Gasteiger partial charge in [-0.25, -0.2) is 0 Å². The highest BCUT2D eigenvalue weighted by atomic mass is 32.1. The summed E-state index contributed by atoms with van der Waals surface area (Å²) in [4.78, 5) is 16.4. The predicted molar refractivity (Wildman–Crippen MR) is 179 cm³/mol. The number of hydrogen-bond donors (Lipinski definition) is 4. The molecule has 0 aliphatic rings. The third kappa shape index (κ3) is 17.6. The van der Waals surface area contributed by atoms with Crippen LogP contribution in [-0.2, 0) is 25.7 Å². The topological polar surface area (TPSA) is 156 Å². The molecule has 0 aliphatic carbocycles. The van der Waals surface area contributed by atoms with Gasteiger partial charge in [0.1, 0.15) is 20.0 Å². The number of nitrogens with two attached hydrogens (primary N) is 4. The molecule has 4 rings (SSSR count). The Bertz CT molecular complexity index is 1090. The summed E-state index contributed by atoms with van der Waals surface area (Å²) in [5.74, 6) is 0. The van der Waals surface area contributed by atoms with Gasteiger partial charge in [0.05, 0.1) is 0 Å². The van der Waals surface area contributed by atoms with Gasteiger partial charge in [-0.1, -0.05) is 48.9 Å². The van der Waals surface area contributed by atoms with Crippen LogP contribution in [0.25, 0.3) is 0 Å². The van der Waals surface area contributed by atoms with Gasteiger partial charge in [-0.2, -0.15) is 0 Å². The Labute approximate surface area is 256 Å². The summed E-state index contributed by atoms with van der Waals surface area (Å²) >= 11 is 17.3. The average molecular weight is 609 g/mol. The Kier molecular flexibility index (Phi) is 18.0. The molecular formula is C28H32N8S4. The molecule has 0 fully saturated rings. The first kappa shape index (κ1) is 34.2. The molecule has 0 radical (unpaired) electrons. The van der Waals surface area contributed by atoms with Gasteiger partial charge in [-0.05, 0) is 96.5 Å². The van der Waals surface area contributed by atoms with Crippen molar-refractivity contribution in [3.8, 4) is 0 Å². The summed E-state index contributed by atoms with van der Waals surface area (Å²) in [7, 11) is 0. The molecule has 8 N–H and O–H groups in total. The van der Waals surface area contributed by atoms with Crippen molar-refractivity contribution < 1.29 is 0 Å². The van der Waals surface area contributed by atoms with Crippen LogP contribution in [0.2, 0.25) is 0 Å². The number of aryl methyl sites for hydroxylation is 4. The highest BCUT2D eigenvalue weighted by Crippen LogP contribution is 2.05. The number of nitrogens with zero attached hydrogens (tertiary/aromatic N) is 4. The quantitative estimate of drug-likeness (QED) is 0.236. The Morgan fingerprint density at radius 2 is 0.525 bits per heavy atom. The number of rotatable bonds is 6.